The minimum atomic E-state index is 0.209. The number of benzene rings is 1. The van der Waals surface area contributed by atoms with E-state index < -0.39 is 0 Å². The third kappa shape index (κ3) is 3.32. The average Bonchev–Trinajstić information content (AvgIpc) is 2.48. The number of pyridine rings is 1. The standard InChI is InChI=1S/C16H17N3/c1-3-13-4-6-14(7-5-13)12(2)19-16-9-8-15(10-17)18-11-16/h4-9,11-12,19H,3H2,1-2H3. The van der Waals surface area contributed by atoms with Crippen LogP contribution in [0.1, 0.15) is 36.7 Å². The zero-order valence-electron chi connectivity index (χ0n) is 11.2. The van der Waals surface area contributed by atoms with Gasteiger partial charge in [-0.15, -0.1) is 0 Å². The number of aromatic nitrogens is 1. The molecular formula is C16H17N3. The Labute approximate surface area is 113 Å². The van der Waals surface area contributed by atoms with E-state index in [9.17, 15) is 0 Å². The Hall–Kier alpha value is -2.34. The fourth-order valence-corrected chi connectivity index (χ4v) is 1.92. The molecule has 3 nitrogen and oxygen atoms in total. The van der Waals surface area contributed by atoms with E-state index in [1.165, 1.54) is 11.1 Å². The first-order chi connectivity index (χ1) is 9.22. The van der Waals surface area contributed by atoms with Gasteiger partial charge in [0.25, 0.3) is 0 Å². The maximum Gasteiger partial charge on any atom is 0.140 e. The van der Waals surface area contributed by atoms with Gasteiger partial charge in [0, 0.05) is 6.04 Å². The zero-order valence-corrected chi connectivity index (χ0v) is 11.2. The molecule has 2 rings (SSSR count). The lowest BCUT2D eigenvalue weighted by Gasteiger charge is -2.15. The van der Waals surface area contributed by atoms with Crippen molar-refractivity contribution in [1.82, 2.24) is 4.98 Å². The van der Waals surface area contributed by atoms with Gasteiger partial charge < -0.3 is 5.32 Å². The van der Waals surface area contributed by atoms with Crippen molar-refractivity contribution in [2.24, 2.45) is 0 Å². The van der Waals surface area contributed by atoms with E-state index in [0.29, 0.717) is 5.69 Å². The minimum absolute atomic E-state index is 0.209. The highest BCUT2D eigenvalue weighted by Gasteiger charge is 2.05. The quantitative estimate of drug-likeness (QED) is 0.901. The van der Waals surface area contributed by atoms with Crippen molar-refractivity contribution in [1.29, 1.82) is 5.26 Å². The molecule has 1 aromatic carbocycles. The first kappa shape index (κ1) is 13.1. The van der Waals surface area contributed by atoms with E-state index in [0.717, 1.165) is 12.1 Å². The number of nitrogens with one attached hydrogen (secondary N) is 1. The molecule has 1 heterocycles. The van der Waals surface area contributed by atoms with E-state index in [2.05, 4.69) is 48.4 Å². The molecule has 0 bridgehead atoms. The van der Waals surface area contributed by atoms with Crippen molar-refractivity contribution in [3.05, 3.63) is 59.4 Å². The molecule has 2 aromatic rings. The number of aryl methyl sites for hydroxylation is 1. The van der Waals surface area contributed by atoms with Gasteiger partial charge in [-0.2, -0.15) is 5.26 Å². The van der Waals surface area contributed by atoms with Crippen LogP contribution in [-0.4, -0.2) is 4.98 Å². The van der Waals surface area contributed by atoms with Crippen molar-refractivity contribution < 1.29 is 0 Å². The molecule has 0 amide bonds. The monoisotopic (exact) mass is 251 g/mol. The predicted molar refractivity (Wildman–Crippen MR) is 76.8 cm³/mol. The van der Waals surface area contributed by atoms with Crippen molar-refractivity contribution in [2.75, 3.05) is 5.32 Å². The second kappa shape index (κ2) is 6.01. The summed E-state index contributed by atoms with van der Waals surface area (Å²) < 4.78 is 0. The normalized spacial score (nSPS) is 11.6. The molecule has 0 radical (unpaired) electrons. The number of hydrogen-bond acceptors (Lipinski definition) is 3. The number of nitrogens with zero attached hydrogens (tertiary/aromatic N) is 2. The Bertz CT molecular complexity index is 564. The van der Waals surface area contributed by atoms with Gasteiger partial charge in [-0.3, -0.25) is 0 Å². The summed E-state index contributed by atoms with van der Waals surface area (Å²) in [7, 11) is 0. The number of nitriles is 1. The summed E-state index contributed by atoms with van der Waals surface area (Å²) in [6.45, 7) is 4.26. The van der Waals surface area contributed by atoms with Crippen molar-refractivity contribution in [3.8, 4) is 6.07 Å². The average molecular weight is 251 g/mol. The highest BCUT2D eigenvalue weighted by Crippen LogP contribution is 2.19. The highest BCUT2D eigenvalue weighted by atomic mass is 14.9. The van der Waals surface area contributed by atoms with Crippen molar-refractivity contribution in [3.63, 3.8) is 0 Å². The van der Waals surface area contributed by atoms with Crippen molar-refractivity contribution in [2.45, 2.75) is 26.3 Å². The van der Waals surface area contributed by atoms with Gasteiger partial charge in [0.05, 0.1) is 11.9 Å². The van der Waals surface area contributed by atoms with E-state index in [-0.39, 0.29) is 6.04 Å². The largest absolute Gasteiger partial charge is 0.377 e. The van der Waals surface area contributed by atoms with Gasteiger partial charge in [-0.05, 0) is 36.6 Å². The topological polar surface area (TPSA) is 48.7 Å². The minimum Gasteiger partial charge on any atom is -0.377 e. The summed E-state index contributed by atoms with van der Waals surface area (Å²) in [5.74, 6) is 0. The summed E-state index contributed by atoms with van der Waals surface area (Å²) in [5.41, 5.74) is 3.94. The van der Waals surface area contributed by atoms with Crippen LogP contribution in [0.15, 0.2) is 42.6 Å². The molecule has 1 unspecified atom stereocenters. The summed E-state index contributed by atoms with van der Waals surface area (Å²) in [6, 6.07) is 14.4. The highest BCUT2D eigenvalue weighted by molar-refractivity contribution is 5.45. The van der Waals surface area contributed by atoms with Gasteiger partial charge in [0.2, 0.25) is 0 Å². The Kier molecular flexibility index (Phi) is 4.15. The Morgan fingerprint density at radius 2 is 1.95 bits per heavy atom. The lowest BCUT2D eigenvalue weighted by molar-refractivity contribution is 0.880. The van der Waals surface area contributed by atoms with E-state index in [1.54, 1.807) is 12.3 Å². The summed E-state index contributed by atoms with van der Waals surface area (Å²) in [6.07, 6.45) is 2.75. The zero-order chi connectivity index (χ0) is 13.7. The molecule has 0 aliphatic heterocycles. The van der Waals surface area contributed by atoms with E-state index in [4.69, 9.17) is 5.26 Å². The van der Waals surface area contributed by atoms with Crippen LogP contribution < -0.4 is 5.32 Å². The number of hydrogen-bond donors (Lipinski definition) is 1. The molecule has 0 aliphatic rings. The molecule has 3 heteroatoms. The summed E-state index contributed by atoms with van der Waals surface area (Å²) in [4.78, 5) is 4.05. The second-order valence-corrected chi connectivity index (χ2v) is 4.51. The van der Waals surface area contributed by atoms with Crippen molar-refractivity contribution >= 4 is 5.69 Å². The molecular weight excluding hydrogens is 234 g/mol. The number of anilines is 1. The van der Waals surface area contributed by atoms with E-state index in [1.807, 2.05) is 12.1 Å². The van der Waals surface area contributed by atoms with Gasteiger partial charge in [0.1, 0.15) is 11.8 Å². The van der Waals surface area contributed by atoms with E-state index >= 15 is 0 Å². The summed E-state index contributed by atoms with van der Waals surface area (Å²) >= 11 is 0. The molecule has 0 spiro atoms. The Morgan fingerprint density at radius 1 is 1.21 bits per heavy atom. The predicted octanol–water partition coefficient (Wildman–Crippen LogP) is 3.69. The van der Waals surface area contributed by atoms with Crippen LogP contribution in [0.25, 0.3) is 0 Å². The number of rotatable bonds is 4. The van der Waals surface area contributed by atoms with Crippen LogP contribution in [0.3, 0.4) is 0 Å². The van der Waals surface area contributed by atoms with Crippen LogP contribution in [0.4, 0.5) is 5.69 Å². The fraction of sp³-hybridized carbons (Fsp3) is 0.250. The Morgan fingerprint density at radius 3 is 2.47 bits per heavy atom. The molecule has 1 aromatic heterocycles. The summed E-state index contributed by atoms with van der Waals surface area (Å²) in [5, 5.41) is 12.1. The van der Waals surface area contributed by atoms with Crippen LogP contribution in [0.2, 0.25) is 0 Å². The molecule has 0 saturated carbocycles. The Balaban J connectivity index is 2.06. The van der Waals surface area contributed by atoms with Gasteiger partial charge in [-0.1, -0.05) is 31.2 Å². The first-order valence-corrected chi connectivity index (χ1v) is 6.44. The molecule has 1 N–H and O–H groups in total. The second-order valence-electron chi connectivity index (χ2n) is 4.51. The maximum absolute atomic E-state index is 8.70. The molecule has 19 heavy (non-hydrogen) atoms. The lowest BCUT2D eigenvalue weighted by Crippen LogP contribution is -2.06. The van der Waals surface area contributed by atoms with Crippen LogP contribution >= 0.6 is 0 Å². The van der Waals surface area contributed by atoms with Crippen LogP contribution in [0.5, 0.6) is 0 Å². The first-order valence-electron chi connectivity index (χ1n) is 6.44. The van der Waals surface area contributed by atoms with Gasteiger partial charge in [-0.25, -0.2) is 4.98 Å². The van der Waals surface area contributed by atoms with Crippen LogP contribution in [0, 0.1) is 11.3 Å². The van der Waals surface area contributed by atoms with Gasteiger partial charge >= 0.3 is 0 Å². The fourth-order valence-electron chi connectivity index (χ4n) is 1.92. The molecule has 0 saturated heterocycles. The SMILES string of the molecule is CCc1ccc(C(C)Nc2ccc(C#N)nc2)cc1. The lowest BCUT2D eigenvalue weighted by atomic mass is 10.0. The maximum atomic E-state index is 8.70. The molecule has 0 aliphatic carbocycles. The van der Waals surface area contributed by atoms with Crippen LogP contribution in [-0.2, 0) is 6.42 Å². The molecule has 96 valence electrons. The molecule has 1 atom stereocenters. The smallest absolute Gasteiger partial charge is 0.140 e. The van der Waals surface area contributed by atoms with Gasteiger partial charge in [0.15, 0.2) is 0 Å². The third-order valence-corrected chi connectivity index (χ3v) is 3.15. The molecule has 0 fully saturated rings. The third-order valence-electron chi connectivity index (χ3n) is 3.15.